The van der Waals surface area contributed by atoms with Crippen LogP contribution in [0.1, 0.15) is 93.4 Å². The first-order chi connectivity index (χ1) is 19.3. The van der Waals surface area contributed by atoms with Crippen LogP contribution in [-0.4, -0.2) is 55.3 Å². The predicted octanol–water partition coefficient (Wildman–Crippen LogP) is 5.67. The summed E-state index contributed by atoms with van der Waals surface area (Å²) in [4.78, 5) is 25.7. The Balaban J connectivity index is 1.76. The molecule has 3 rings (SSSR count). The van der Waals surface area contributed by atoms with Crippen molar-refractivity contribution in [3.63, 3.8) is 0 Å². The van der Waals surface area contributed by atoms with Crippen LogP contribution in [0.25, 0.3) is 11.2 Å². The number of aromatic nitrogens is 4. The largest absolute Gasteiger partial charge is 0.461 e. The van der Waals surface area contributed by atoms with E-state index in [1.807, 2.05) is 6.92 Å². The van der Waals surface area contributed by atoms with Crippen LogP contribution in [0.4, 0.5) is 5.82 Å². The van der Waals surface area contributed by atoms with Crippen molar-refractivity contribution in [2.45, 2.75) is 118 Å². The first kappa shape index (κ1) is 32.9. The highest BCUT2D eigenvalue weighted by molar-refractivity contribution is 7.56. The van der Waals surface area contributed by atoms with Crippen molar-refractivity contribution >= 4 is 36.2 Å². The molecule has 1 aliphatic rings. The van der Waals surface area contributed by atoms with E-state index in [0.29, 0.717) is 48.2 Å². The van der Waals surface area contributed by atoms with E-state index < -0.39 is 25.1 Å². The molecule has 0 amide bonds. The highest BCUT2D eigenvalue weighted by Crippen LogP contribution is 2.46. The van der Waals surface area contributed by atoms with Crippen LogP contribution >= 0.6 is 7.52 Å². The number of imidazole rings is 1. The Hall–Kier alpha value is -2.56. The fourth-order valence-corrected chi connectivity index (χ4v) is 6.63. The molecule has 3 N–H and O–H groups in total. The van der Waals surface area contributed by atoms with Gasteiger partial charge in [0, 0.05) is 0 Å². The number of nitrogens with one attached hydrogen (secondary N) is 1. The summed E-state index contributed by atoms with van der Waals surface area (Å²) in [6, 6.07) is 0. The van der Waals surface area contributed by atoms with E-state index in [4.69, 9.17) is 19.8 Å². The molecule has 0 spiro atoms. The summed E-state index contributed by atoms with van der Waals surface area (Å²) in [5.74, 6) is 0.522. The van der Waals surface area contributed by atoms with Crippen molar-refractivity contribution in [3.8, 4) is 0 Å². The Morgan fingerprint density at radius 3 is 2.41 bits per heavy atom. The average molecular weight is 594 g/mol. The number of esters is 1. The Morgan fingerprint density at radius 2 is 1.78 bits per heavy atom. The maximum Gasteiger partial charge on any atom is 0.365 e. The zero-order valence-electron chi connectivity index (χ0n) is 25.6. The Kier molecular flexibility index (Phi) is 11.7. The number of carbonyl (C=O) groups excluding carboxylic acids is 1. The first-order valence-electron chi connectivity index (χ1n) is 14.6. The van der Waals surface area contributed by atoms with Crippen molar-refractivity contribution in [2.24, 2.45) is 17.0 Å². The zero-order chi connectivity index (χ0) is 30.2. The number of rotatable bonds is 15. The van der Waals surface area contributed by atoms with Gasteiger partial charge in [0.1, 0.15) is 29.8 Å². The quantitative estimate of drug-likeness (QED) is 0.114. The maximum absolute atomic E-state index is 14.2. The molecule has 0 aliphatic heterocycles. The molecule has 2 heterocycles. The molecule has 13 heteroatoms. The molecule has 2 atom stereocenters. The van der Waals surface area contributed by atoms with Crippen LogP contribution in [0.3, 0.4) is 0 Å². The van der Waals surface area contributed by atoms with E-state index in [2.05, 4.69) is 52.9 Å². The predicted molar refractivity (Wildman–Crippen MR) is 160 cm³/mol. The van der Waals surface area contributed by atoms with Crippen molar-refractivity contribution < 1.29 is 23.5 Å². The van der Waals surface area contributed by atoms with Gasteiger partial charge in [-0.2, -0.15) is 0 Å². The summed E-state index contributed by atoms with van der Waals surface area (Å²) in [6.45, 7) is 13.9. The lowest BCUT2D eigenvalue weighted by molar-refractivity contribution is -0.156. The van der Waals surface area contributed by atoms with Crippen molar-refractivity contribution in [3.05, 3.63) is 12.7 Å². The minimum atomic E-state index is -3.82. The topological polar surface area (TPSA) is 156 Å². The van der Waals surface area contributed by atoms with Gasteiger partial charge in [-0.25, -0.2) is 20.0 Å². The number of fused-ring (bicyclic) bond motifs is 1. The number of ether oxygens (including phenoxy) is 2. The molecule has 41 heavy (non-hydrogen) atoms. The third kappa shape index (κ3) is 10.0. The zero-order valence-corrected chi connectivity index (χ0v) is 26.5. The highest BCUT2D eigenvalue weighted by atomic mass is 31.2. The van der Waals surface area contributed by atoms with Crippen LogP contribution < -0.4 is 10.8 Å². The van der Waals surface area contributed by atoms with Gasteiger partial charge in [-0.05, 0) is 71.1 Å². The van der Waals surface area contributed by atoms with Gasteiger partial charge in [0.15, 0.2) is 11.5 Å². The molecule has 230 valence electrons. The number of anilines is 1. The lowest BCUT2D eigenvalue weighted by Crippen LogP contribution is -2.48. The molecular formula is C28H48N7O5P. The van der Waals surface area contributed by atoms with Crippen LogP contribution in [-0.2, 0) is 30.0 Å². The fourth-order valence-electron chi connectivity index (χ4n) is 4.84. The van der Waals surface area contributed by atoms with Crippen molar-refractivity contribution in [1.29, 1.82) is 0 Å². The summed E-state index contributed by atoms with van der Waals surface area (Å²) >= 11 is 0. The summed E-state index contributed by atoms with van der Waals surface area (Å²) in [5, 5.41) is 7.30. The van der Waals surface area contributed by atoms with Crippen LogP contribution in [0, 0.1) is 11.8 Å². The summed E-state index contributed by atoms with van der Waals surface area (Å²) in [5.41, 5.74) is 6.51. The SMILES string of the molecule is CC(C)CC(CC(C)C)=NOP(=O)(CO[C@@H](C)Cn1cnc2c(N)ncnc21)NC(C)(C)C(=O)OC1CCCCC1. The molecule has 2 aromatic heterocycles. The third-order valence-corrected chi connectivity index (χ3v) is 8.52. The highest BCUT2D eigenvalue weighted by Gasteiger charge is 2.41. The third-order valence-electron chi connectivity index (χ3n) is 6.79. The van der Waals surface area contributed by atoms with Crippen LogP contribution in [0.2, 0.25) is 0 Å². The normalized spacial score (nSPS) is 17.0. The fraction of sp³-hybridized carbons (Fsp3) is 0.750. The molecule has 0 saturated heterocycles. The second-order valence-electron chi connectivity index (χ2n) is 12.4. The summed E-state index contributed by atoms with van der Waals surface area (Å²) in [6.07, 6.45) is 8.47. The van der Waals surface area contributed by atoms with E-state index in [1.54, 1.807) is 24.7 Å². The van der Waals surface area contributed by atoms with Crippen molar-refractivity contribution in [1.82, 2.24) is 24.6 Å². The Bertz CT molecular complexity index is 1210. The van der Waals surface area contributed by atoms with Gasteiger partial charge in [0.2, 0.25) is 0 Å². The number of carbonyl (C=O) groups is 1. The van der Waals surface area contributed by atoms with Gasteiger partial charge in [0.05, 0.1) is 24.7 Å². The van der Waals surface area contributed by atoms with Gasteiger partial charge in [-0.1, -0.05) is 39.3 Å². The lowest BCUT2D eigenvalue weighted by atomic mass is 9.97. The van der Waals surface area contributed by atoms with Crippen molar-refractivity contribution in [2.75, 3.05) is 12.1 Å². The number of nitrogens with two attached hydrogens (primary N) is 1. The number of oxime groups is 1. The second kappa shape index (κ2) is 14.6. The molecule has 12 nitrogen and oxygen atoms in total. The summed E-state index contributed by atoms with van der Waals surface area (Å²) in [7, 11) is -3.82. The number of hydrogen-bond acceptors (Lipinski definition) is 10. The van der Waals surface area contributed by atoms with Gasteiger partial charge in [-0.15, -0.1) is 0 Å². The maximum atomic E-state index is 14.2. The Labute approximate surface area is 243 Å². The first-order valence-corrected chi connectivity index (χ1v) is 16.5. The molecule has 0 aromatic carbocycles. The molecule has 1 saturated carbocycles. The molecular weight excluding hydrogens is 545 g/mol. The molecule has 0 bridgehead atoms. The number of hydrogen-bond donors (Lipinski definition) is 2. The number of nitrogens with zero attached hydrogens (tertiary/aromatic N) is 5. The molecule has 2 aromatic rings. The van der Waals surface area contributed by atoms with E-state index in [-0.39, 0.29) is 12.5 Å². The molecule has 1 aliphatic carbocycles. The molecule has 1 unspecified atom stereocenters. The minimum absolute atomic E-state index is 0.126. The monoisotopic (exact) mass is 593 g/mol. The average Bonchev–Trinajstić information content (AvgIpc) is 3.30. The van der Waals surface area contributed by atoms with Crippen LogP contribution in [0.15, 0.2) is 17.8 Å². The summed E-state index contributed by atoms with van der Waals surface area (Å²) < 4.78 is 33.6. The van der Waals surface area contributed by atoms with Crippen LogP contribution in [0.5, 0.6) is 0 Å². The molecule has 0 radical (unpaired) electrons. The smallest absolute Gasteiger partial charge is 0.365 e. The van der Waals surface area contributed by atoms with Gasteiger partial charge in [-0.3, -0.25) is 9.36 Å². The Morgan fingerprint density at radius 1 is 1.12 bits per heavy atom. The van der Waals surface area contributed by atoms with Gasteiger partial charge < -0.3 is 24.4 Å². The standard InChI is InChI=1S/C28H48N7O5P/c1-19(2)13-22(14-20(3)4)33-40-41(37,34-28(6,7)27(36)39-23-11-9-8-10-12-23)18-38-21(5)15-35-17-32-24-25(29)30-16-31-26(24)35/h16-17,19-21,23H,8-15,18H2,1-7H3,(H,34,37)(H2,29,30,31)/t21-,41?/m0/s1. The lowest BCUT2D eigenvalue weighted by Gasteiger charge is -2.31. The number of nitrogen functional groups attached to an aromatic ring is 1. The second-order valence-corrected chi connectivity index (χ2v) is 14.4. The van der Waals surface area contributed by atoms with Gasteiger partial charge in [0.25, 0.3) is 0 Å². The van der Waals surface area contributed by atoms with E-state index in [9.17, 15) is 9.36 Å². The molecule has 1 fully saturated rings. The van der Waals surface area contributed by atoms with E-state index in [0.717, 1.165) is 37.8 Å². The minimum Gasteiger partial charge on any atom is -0.461 e. The van der Waals surface area contributed by atoms with Gasteiger partial charge >= 0.3 is 13.5 Å². The van der Waals surface area contributed by atoms with E-state index >= 15 is 0 Å². The van der Waals surface area contributed by atoms with E-state index in [1.165, 1.54) is 6.33 Å².